The second-order valence-corrected chi connectivity index (χ2v) is 14.4. The van der Waals surface area contributed by atoms with Crippen LogP contribution >= 0.6 is 0 Å². The molecule has 2 saturated heterocycles. The summed E-state index contributed by atoms with van der Waals surface area (Å²) in [6.07, 6.45) is 2.16. The topological polar surface area (TPSA) is 78.5 Å². The van der Waals surface area contributed by atoms with Gasteiger partial charge in [0, 0.05) is 62.5 Å². The van der Waals surface area contributed by atoms with E-state index in [9.17, 15) is 14.0 Å². The van der Waals surface area contributed by atoms with Crippen LogP contribution in [0.2, 0.25) is 0 Å². The Morgan fingerprint density at radius 2 is 1.80 bits per heavy atom. The lowest BCUT2D eigenvalue weighted by molar-refractivity contribution is -0.121. The SMILES string of the molecule is CC1COCCN1C[C@H]1CN(C(=O)OC(C)(C)C)[C@H](C)CN1CC(=O)N1CC(C)(C)c2ncc(Cc3ccc(F)cc3)cc21. The van der Waals surface area contributed by atoms with E-state index in [2.05, 4.69) is 36.6 Å². The maximum Gasteiger partial charge on any atom is 0.410 e. The van der Waals surface area contributed by atoms with Gasteiger partial charge in [-0.1, -0.05) is 26.0 Å². The smallest absolute Gasteiger partial charge is 0.410 e. The molecule has 3 aliphatic rings. The van der Waals surface area contributed by atoms with Crippen LogP contribution in [0, 0.1) is 5.82 Å². The third kappa shape index (κ3) is 7.41. The number of pyridine rings is 1. The zero-order valence-corrected chi connectivity index (χ0v) is 27.3. The molecule has 3 aliphatic heterocycles. The van der Waals surface area contributed by atoms with Crippen LogP contribution in [0.1, 0.15) is 65.3 Å². The van der Waals surface area contributed by atoms with Crippen LogP contribution in [-0.2, 0) is 26.1 Å². The highest BCUT2D eigenvalue weighted by atomic mass is 19.1. The van der Waals surface area contributed by atoms with Crippen molar-refractivity contribution < 1.29 is 23.5 Å². The predicted molar refractivity (Wildman–Crippen MR) is 168 cm³/mol. The number of rotatable bonds is 6. The van der Waals surface area contributed by atoms with Gasteiger partial charge in [-0.15, -0.1) is 0 Å². The zero-order valence-electron chi connectivity index (χ0n) is 27.3. The number of anilines is 1. The van der Waals surface area contributed by atoms with Gasteiger partial charge >= 0.3 is 6.09 Å². The van der Waals surface area contributed by atoms with Gasteiger partial charge in [-0.3, -0.25) is 19.6 Å². The zero-order chi connectivity index (χ0) is 31.8. The maximum absolute atomic E-state index is 14.2. The summed E-state index contributed by atoms with van der Waals surface area (Å²) in [7, 11) is 0. The van der Waals surface area contributed by atoms with Gasteiger partial charge in [-0.2, -0.15) is 0 Å². The molecule has 0 bridgehead atoms. The predicted octanol–water partition coefficient (Wildman–Crippen LogP) is 4.47. The first kappa shape index (κ1) is 32.3. The fraction of sp³-hybridized carbons (Fsp3) is 0.618. The summed E-state index contributed by atoms with van der Waals surface area (Å²) in [5.41, 5.74) is 2.85. The molecule has 0 spiro atoms. The molecule has 240 valence electrons. The Bertz CT molecular complexity index is 1340. The number of carbonyl (C=O) groups is 2. The van der Waals surface area contributed by atoms with E-state index in [-0.39, 0.29) is 47.9 Å². The summed E-state index contributed by atoms with van der Waals surface area (Å²) in [6, 6.07) is 8.66. The van der Waals surface area contributed by atoms with Gasteiger partial charge in [0.1, 0.15) is 11.4 Å². The van der Waals surface area contributed by atoms with Crippen LogP contribution in [0.25, 0.3) is 0 Å². The number of hydrogen-bond acceptors (Lipinski definition) is 7. The van der Waals surface area contributed by atoms with E-state index in [1.54, 1.807) is 12.1 Å². The van der Waals surface area contributed by atoms with E-state index >= 15 is 0 Å². The fourth-order valence-electron chi connectivity index (χ4n) is 6.55. The number of piperazine rings is 1. The minimum absolute atomic E-state index is 0.0236. The number of nitrogens with zero attached hydrogens (tertiary/aromatic N) is 5. The van der Waals surface area contributed by atoms with Crippen molar-refractivity contribution in [3.8, 4) is 0 Å². The van der Waals surface area contributed by atoms with Crippen LogP contribution < -0.4 is 4.90 Å². The average molecular weight is 610 g/mol. The number of ether oxygens (including phenoxy) is 2. The van der Waals surface area contributed by atoms with Crippen molar-refractivity contribution >= 4 is 17.7 Å². The largest absolute Gasteiger partial charge is 0.444 e. The summed E-state index contributed by atoms with van der Waals surface area (Å²) >= 11 is 0. The van der Waals surface area contributed by atoms with E-state index in [1.807, 2.05) is 43.7 Å². The normalized spacial score (nSPS) is 24.3. The van der Waals surface area contributed by atoms with Crippen molar-refractivity contribution in [2.75, 3.05) is 57.4 Å². The Morgan fingerprint density at radius 3 is 2.48 bits per heavy atom. The standard InChI is InChI=1S/C34H48FN5O4/c1-23-17-38(28(18-37-12-13-43-21-24(37)2)19-39(23)32(42)44-33(3,4)5)20-30(41)40-22-34(6,7)31-29(40)15-26(16-36-31)14-25-8-10-27(35)11-9-25/h8-11,15-16,23-24,28H,12-14,17-22H2,1-7H3/t23-,24?,28+/m1/s1. The van der Waals surface area contributed by atoms with Crippen molar-refractivity contribution in [2.45, 2.75) is 84.0 Å². The molecule has 1 aromatic carbocycles. The van der Waals surface area contributed by atoms with Crippen LogP contribution in [-0.4, -0.2) is 108 Å². The fourth-order valence-corrected chi connectivity index (χ4v) is 6.55. The minimum Gasteiger partial charge on any atom is -0.444 e. The van der Waals surface area contributed by atoms with E-state index < -0.39 is 5.60 Å². The minimum atomic E-state index is -0.586. The van der Waals surface area contributed by atoms with Crippen molar-refractivity contribution in [1.29, 1.82) is 0 Å². The average Bonchev–Trinajstić information content (AvgIpc) is 3.21. The molecule has 0 aliphatic carbocycles. The van der Waals surface area contributed by atoms with Crippen LogP contribution in [0.5, 0.6) is 0 Å². The molecule has 2 amide bonds. The van der Waals surface area contributed by atoms with Gasteiger partial charge in [-0.25, -0.2) is 9.18 Å². The molecule has 0 saturated carbocycles. The Labute approximate surface area is 261 Å². The highest BCUT2D eigenvalue weighted by Gasteiger charge is 2.43. The first-order chi connectivity index (χ1) is 20.7. The molecule has 10 heteroatoms. The van der Waals surface area contributed by atoms with Crippen molar-refractivity contribution in [3.05, 3.63) is 59.2 Å². The Kier molecular flexibility index (Phi) is 9.35. The maximum atomic E-state index is 14.2. The Balaban J connectivity index is 1.36. The summed E-state index contributed by atoms with van der Waals surface area (Å²) < 4.78 is 24.9. The number of aromatic nitrogens is 1. The van der Waals surface area contributed by atoms with Gasteiger partial charge in [0.2, 0.25) is 5.91 Å². The van der Waals surface area contributed by atoms with E-state index in [0.717, 1.165) is 35.6 Å². The number of halogens is 1. The number of fused-ring (bicyclic) bond motifs is 1. The number of benzene rings is 1. The molecule has 44 heavy (non-hydrogen) atoms. The van der Waals surface area contributed by atoms with Gasteiger partial charge in [-0.05, 0) is 70.4 Å². The molecular formula is C34H48FN5O4. The molecular weight excluding hydrogens is 561 g/mol. The van der Waals surface area contributed by atoms with Crippen LogP contribution in [0.15, 0.2) is 36.5 Å². The third-order valence-electron chi connectivity index (χ3n) is 8.90. The Morgan fingerprint density at radius 1 is 1.07 bits per heavy atom. The summed E-state index contributed by atoms with van der Waals surface area (Å²) in [4.78, 5) is 40.5. The summed E-state index contributed by atoms with van der Waals surface area (Å²) in [5.74, 6) is -0.238. The molecule has 1 unspecified atom stereocenters. The lowest BCUT2D eigenvalue weighted by Gasteiger charge is -2.47. The lowest BCUT2D eigenvalue weighted by Crippen LogP contribution is -2.64. The van der Waals surface area contributed by atoms with Crippen LogP contribution in [0.4, 0.5) is 14.9 Å². The molecule has 5 rings (SSSR count). The molecule has 2 fully saturated rings. The number of morpholine rings is 1. The monoisotopic (exact) mass is 609 g/mol. The third-order valence-corrected chi connectivity index (χ3v) is 8.90. The molecule has 2 aromatic rings. The highest BCUT2D eigenvalue weighted by molar-refractivity contribution is 5.97. The molecule has 4 heterocycles. The van der Waals surface area contributed by atoms with E-state index in [4.69, 9.17) is 14.5 Å². The van der Waals surface area contributed by atoms with Crippen LogP contribution in [0.3, 0.4) is 0 Å². The number of amides is 2. The first-order valence-corrected chi connectivity index (χ1v) is 15.8. The quantitative estimate of drug-likeness (QED) is 0.479. The summed E-state index contributed by atoms with van der Waals surface area (Å²) in [5, 5.41) is 0. The lowest BCUT2D eigenvalue weighted by atomic mass is 9.91. The highest BCUT2D eigenvalue weighted by Crippen LogP contribution is 2.40. The van der Waals surface area contributed by atoms with Crippen molar-refractivity contribution in [2.24, 2.45) is 0 Å². The summed E-state index contributed by atoms with van der Waals surface area (Å²) in [6.45, 7) is 18.8. The molecule has 3 atom stereocenters. The van der Waals surface area contributed by atoms with Gasteiger partial charge in [0.15, 0.2) is 0 Å². The van der Waals surface area contributed by atoms with Gasteiger partial charge in [0.05, 0.1) is 31.1 Å². The Hall–Kier alpha value is -3.08. The van der Waals surface area contributed by atoms with E-state index in [0.29, 0.717) is 39.3 Å². The second-order valence-electron chi connectivity index (χ2n) is 14.4. The molecule has 1 aromatic heterocycles. The molecule has 0 radical (unpaired) electrons. The second kappa shape index (κ2) is 12.7. The molecule has 9 nitrogen and oxygen atoms in total. The number of hydrogen-bond donors (Lipinski definition) is 0. The number of carbonyl (C=O) groups excluding carboxylic acids is 2. The van der Waals surface area contributed by atoms with Gasteiger partial charge in [0.25, 0.3) is 0 Å². The van der Waals surface area contributed by atoms with Crippen molar-refractivity contribution in [3.63, 3.8) is 0 Å². The van der Waals surface area contributed by atoms with Gasteiger partial charge < -0.3 is 19.3 Å². The van der Waals surface area contributed by atoms with E-state index in [1.165, 1.54) is 12.1 Å². The first-order valence-electron chi connectivity index (χ1n) is 15.8. The van der Waals surface area contributed by atoms with Crippen molar-refractivity contribution in [1.82, 2.24) is 19.7 Å². The molecule has 0 N–H and O–H groups in total.